The average Bonchev–Trinajstić information content (AvgIpc) is 3.36. The average molecular weight is 404 g/mol. The lowest BCUT2D eigenvalue weighted by Gasteiger charge is -2.02. The lowest BCUT2D eigenvalue weighted by molar-refractivity contribution is 1.37. The van der Waals surface area contributed by atoms with Crippen molar-refractivity contribution in [2.24, 2.45) is 0 Å². The van der Waals surface area contributed by atoms with Crippen molar-refractivity contribution in [1.29, 1.82) is 0 Å². The molecule has 130 valence electrons. The molecule has 6 rings (SSSR count). The van der Waals surface area contributed by atoms with Crippen LogP contribution in [0, 0.1) is 0 Å². The predicted octanol–water partition coefficient (Wildman–Crippen LogP) is 7.02. The Kier molecular flexibility index (Phi) is 3.35. The number of nitrogens with zero attached hydrogens (tertiary/aromatic N) is 2. The number of thiazole rings is 2. The topological polar surface area (TPSA) is 37.8 Å². The van der Waals surface area contributed by atoms with E-state index in [1.54, 1.807) is 34.4 Å². The van der Waals surface area contributed by atoms with Crippen LogP contribution in [0.2, 0.25) is 0 Å². The zero-order valence-electron chi connectivity index (χ0n) is 14.3. The Morgan fingerprint density at radius 1 is 0.889 bits per heavy atom. The lowest BCUT2D eigenvalue weighted by atomic mass is 10.0. The molecule has 0 saturated carbocycles. The number of benzene rings is 3. The van der Waals surface area contributed by atoms with Gasteiger partial charge >= 0.3 is 0 Å². The van der Waals surface area contributed by atoms with E-state index in [9.17, 15) is 0 Å². The molecule has 2 heterocycles. The highest BCUT2D eigenvalue weighted by Crippen LogP contribution is 2.50. The summed E-state index contributed by atoms with van der Waals surface area (Å²) in [6.07, 6.45) is 2.09. The summed E-state index contributed by atoms with van der Waals surface area (Å²) in [5.41, 5.74) is 4.63. The maximum Gasteiger partial charge on any atom is 0.190 e. The molecule has 3 nitrogen and oxygen atoms in total. The molecule has 0 unspecified atom stereocenters. The summed E-state index contributed by atoms with van der Waals surface area (Å²) < 4.78 is 1.20. The SMILES string of the molecule is CSc1ccc2nc(Nc3nc4c(s3)-c3cccc5cccc-4c35)sc2c1. The summed E-state index contributed by atoms with van der Waals surface area (Å²) in [5, 5.41) is 7.82. The van der Waals surface area contributed by atoms with Crippen LogP contribution >= 0.6 is 34.4 Å². The van der Waals surface area contributed by atoms with Crippen LogP contribution in [0.1, 0.15) is 0 Å². The summed E-state index contributed by atoms with van der Waals surface area (Å²) in [6, 6.07) is 19.3. The molecule has 0 saturated heterocycles. The minimum absolute atomic E-state index is 0.891. The monoisotopic (exact) mass is 403 g/mol. The summed E-state index contributed by atoms with van der Waals surface area (Å²) in [4.78, 5) is 12.1. The first-order valence-corrected chi connectivity index (χ1v) is 11.4. The molecule has 0 fully saturated rings. The number of fused-ring (bicyclic) bond motifs is 4. The van der Waals surface area contributed by atoms with Gasteiger partial charge in [0.15, 0.2) is 10.3 Å². The van der Waals surface area contributed by atoms with Crippen molar-refractivity contribution in [3.05, 3.63) is 54.6 Å². The van der Waals surface area contributed by atoms with E-state index in [-0.39, 0.29) is 0 Å². The highest BCUT2D eigenvalue weighted by atomic mass is 32.2. The number of anilines is 2. The molecule has 0 bridgehead atoms. The first kappa shape index (κ1) is 15.6. The van der Waals surface area contributed by atoms with Crippen LogP contribution < -0.4 is 5.32 Å². The highest BCUT2D eigenvalue weighted by molar-refractivity contribution is 7.98. The summed E-state index contributed by atoms with van der Waals surface area (Å²) in [6.45, 7) is 0. The molecule has 0 spiro atoms. The van der Waals surface area contributed by atoms with Crippen LogP contribution in [0.4, 0.5) is 10.3 Å². The van der Waals surface area contributed by atoms with Crippen molar-refractivity contribution in [3.8, 4) is 21.7 Å². The third-order valence-electron chi connectivity index (χ3n) is 4.84. The summed E-state index contributed by atoms with van der Waals surface area (Å²) in [5.74, 6) is 0. The first-order valence-electron chi connectivity index (χ1n) is 8.55. The van der Waals surface area contributed by atoms with E-state index < -0.39 is 0 Å². The Labute approximate surface area is 168 Å². The van der Waals surface area contributed by atoms with Gasteiger partial charge in [0.2, 0.25) is 0 Å². The molecule has 1 N–H and O–H groups in total. The zero-order valence-corrected chi connectivity index (χ0v) is 16.8. The largest absolute Gasteiger partial charge is 0.307 e. The molecule has 1 aliphatic rings. The van der Waals surface area contributed by atoms with Gasteiger partial charge in [-0.3, -0.25) is 0 Å². The third-order valence-corrected chi connectivity index (χ3v) is 7.50. The van der Waals surface area contributed by atoms with Crippen LogP contribution in [-0.2, 0) is 0 Å². The Hall–Kier alpha value is -2.41. The van der Waals surface area contributed by atoms with Gasteiger partial charge in [0, 0.05) is 16.0 Å². The predicted molar refractivity (Wildman–Crippen MR) is 119 cm³/mol. The fourth-order valence-corrected chi connectivity index (χ4v) is 6.14. The van der Waals surface area contributed by atoms with E-state index >= 15 is 0 Å². The van der Waals surface area contributed by atoms with Crippen LogP contribution in [0.5, 0.6) is 0 Å². The maximum atomic E-state index is 4.90. The Morgan fingerprint density at radius 3 is 2.56 bits per heavy atom. The minimum atomic E-state index is 0.891. The lowest BCUT2D eigenvalue weighted by Crippen LogP contribution is -1.88. The third kappa shape index (κ3) is 2.34. The molecule has 0 aliphatic heterocycles. The van der Waals surface area contributed by atoms with E-state index in [2.05, 4.69) is 66.2 Å². The van der Waals surface area contributed by atoms with Gasteiger partial charge in [-0.25, -0.2) is 9.97 Å². The van der Waals surface area contributed by atoms with E-state index in [0.29, 0.717) is 0 Å². The molecule has 27 heavy (non-hydrogen) atoms. The number of thioether (sulfide) groups is 1. The maximum absolute atomic E-state index is 4.90. The van der Waals surface area contributed by atoms with E-state index in [1.807, 2.05) is 0 Å². The van der Waals surface area contributed by atoms with Gasteiger partial charge in [0.25, 0.3) is 0 Å². The molecular formula is C21H13N3S3. The molecule has 0 radical (unpaired) electrons. The van der Waals surface area contributed by atoms with Crippen molar-refractivity contribution < 1.29 is 0 Å². The number of aromatic nitrogens is 2. The smallest absolute Gasteiger partial charge is 0.190 e. The quantitative estimate of drug-likeness (QED) is 0.322. The molecule has 2 aromatic heterocycles. The zero-order chi connectivity index (χ0) is 18.0. The van der Waals surface area contributed by atoms with Gasteiger partial charge in [-0.2, -0.15) is 0 Å². The van der Waals surface area contributed by atoms with E-state index in [1.165, 1.54) is 36.4 Å². The van der Waals surface area contributed by atoms with E-state index in [4.69, 9.17) is 9.97 Å². The molecule has 0 atom stereocenters. The molecule has 0 amide bonds. The molecule has 5 aromatic rings. The van der Waals surface area contributed by atoms with Crippen molar-refractivity contribution in [3.63, 3.8) is 0 Å². The fourth-order valence-electron chi connectivity index (χ4n) is 3.64. The van der Waals surface area contributed by atoms with Gasteiger partial charge in [0.1, 0.15) is 0 Å². The van der Waals surface area contributed by atoms with E-state index in [0.717, 1.165) is 21.5 Å². The Bertz CT molecular complexity index is 1290. The fraction of sp³-hybridized carbons (Fsp3) is 0.0476. The van der Waals surface area contributed by atoms with Crippen molar-refractivity contribution in [2.75, 3.05) is 11.6 Å². The Morgan fingerprint density at radius 2 is 1.70 bits per heavy atom. The second-order valence-electron chi connectivity index (χ2n) is 6.38. The number of hydrogen-bond donors (Lipinski definition) is 1. The summed E-state index contributed by atoms with van der Waals surface area (Å²) in [7, 11) is 0. The summed E-state index contributed by atoms with van der Waals surface area (Å²) >= 11 is 5.13. The number of rotatable bonds is 3. The van der Waals surface area contributed by atoms with Crippen LogP contribution in [-0.4, -0.2) is 16.2 Å². The molecule has 1 aliphatic carbocycles. The van der Waals surface area contributed by atoms with Gasteiger partial charge in [-0.05, 0) is 35.2 Å². The van der Waals surface area contributed by atoms with Crippen molar-refractivity contribution in [2.45, 2.75) is 4.90 Å². The minimum Gasteiger partial charge on any atom is -0.307 e. The number of hydrogen-bond acceptors (Lipinski definition) is 6. The van der Waals surface area contributed by atoms with Crippen molar-refractivity contribution >= 4 is 65.7 Å². The van der Waals surface area contributed by atoms with Gasteiger partial charge in [0.05, 0.1) is 20.8 Å². The van der Waals surface area contributed by atoms with Crippen LogP contribution in [0.3, 0.4) is 0 Å². The standard InChI is InChI=1S/C21H13N3S3/c1-25-12-8-9-15-16(10-12)26-20(22-15)24-21-23-18-13-6-2-4-11-5-3-7-14(17(11)13)19(18)27-21/h2-10H,1H3,(H,22,23,24). The normalized spacial score (nSPS) is 12.0. The Balaban J connectivity index is 1.41. The molecular weight excluding hydrogens is 390 g/mol. The van der Waals surface area contributed by atoms with Gasteiger partial charge < -0.3 is 5.32 Å². The molecule has 3 aromatic carbocycles. The molecule has 6 heteroatoms. The second kappa shape index (κ2) is 5.79. The second-order valence-corrected chi connectivity index (χ2v) is 9.29. The van der Waals surface area contributed by atoms with Crippen molar-refractivity contribution in [1.82, 2.24) is 9.97 Å². The number of nitrogens with one attached hydrogen (secondary N) is 1. The van der Waals surface area contributed by atoms with Gasteiger partial charge in [-0.15, -0.1) is 11.8 Å². The highest BCUT2D eigenvalue weighted by Gasteiger charge is 2.25. The first-order chi connectivity index (χ1) is 13.3. The van der Waals surface area contributed by atoms with Gasteiger partial charge in [-0.1, -0.05) is 59.1 Å². The van der Waals surface area contributed by atoms with Crippen LogP contribution in [0.25, 0.3) is 42.7 Å². The van der Waals surface area contributed by atoms with Crippen LogP contribution in [0.15, 0.2) is 59.5 Å².